The molecule has 0 amide bonds. The van der Waals surface area contributed by atoms with Crippen molar-refractivity contribution in [2.24, 2.45) is 0 Å². The molecular weight excluding hydrogens is 338 g/mol. The van der Waals surface area contributed by atoms with Crippen LogP contribution in [0.15, 0.2) is 48.8 Å². The van der Waals surface area contributed by atoms with Gasteiger partial charge in [0.05, 0.1) is 6.10 Å². The lowest BCUT2D eigenvalue weighted by molar-refractivity contribution is 0.00954. The van der Waals surface area contributed by atoms with Crippen molar-refractivity contribution in [3.05, 3.63) is 54.4 Å². The van der Waals surface area contributed by atoms with Crippen LogP contribution in [0.3, 0.4) is 0 Å². The molecule has 6 nitrogen and oxygen atoms in total. The average Bonchev–Trinajstić information content (AvgIpc) is 2.74. The van der Waals surface area contributed by atoms with Crippen molar-refractivity contribution in [2.75, 3.05) is 50.7 Å². The minimum Gasteiger partial charge on any atom is -0.390 e. The number of aliphatic hydroxyl groups is 1. The van der Waals surface area contributed by atoms with E-state index < -0.39 is 0 Å². The molecule has 0 spiro atoms. The molecule has 2 aliphatic rings. The second kappa shape index (κ2) is 8.78. The Bertz CT molecular complexity index is 690. The Hall–Kier alpha value is -2.02. The maximum atomic E-state index is 10.7. The number of aliphatic hydroxyl groups excluding tert-OH is 1. The number of hydrogen-bond donors (Lipinski definition) is 1. The number of β-amino-alcohol motifs (C(OH)–C–C–N with tert-alkyl or cyclic N) is 1. The number of nitrogens with zero attached hydrogens (tertiary/aromatic N) is 5. The van der Waals surface area contributed by atoms with Gasteiger partial charge in [-0.2, -0.15) is 0 Å². The van der Waals surface area contributed by atoms with Gasteiger partial charge >= 0.3 is 0 Å². The highest BCUT2D eigenvalue weighted by Gasteiger charge is 2.34. The van der Waals surface area contributed by atoms with E-state index in [1.165, 1.54) is 5.56 Å². The summed E-state index contributed by atoms with van der Waals surface area (Å²) in [5.74, 6) is 0.723. The van der Waals surface area contributed by atoms with Gasteiger partial charge in [0.2, 0.25) is 5.95 Å². The van der Waals surface area contributed by atoms with Crippen LogP contribution in [-0.2, 0) is 6.42 Å². The first-order valence-corrected chi connectivity index (χ1v) is 10.00. The van der Waals surface area contributed by atoms with E-state index in [0.717, 1.165) is 58.1 Å². The van der Waals surface area contributed by atoms with Crippen molar-refractivity contribution in [2.45, 2.75) is 25.0 Å². The topological polar surface area (TPSA) is 55.7 Å². The van der Waals surface area contributed by atoms with Crippen molar-refractivity contribution in [1.82, 2.24) is 19.8 Å². The van der Waals surface area contributed by atoms with Gasteiger partial charge in [0.15, 0.2) is 0 Å². The van der Waals surface area contributed by atoms with Gasteiger partial charge in [-0.25, -0.2) is 9.97 Å². The van der Waals surface area contributed by atoms with E-state index in [1.807, 2.05) is 6.07 Å². The Morgan fingerprint density at radius 2 is 1.67 bits per heavy atom. The molecule has 6 heteroatoms. The van der Waals surface area contributed by atoms with Crippen LogP contribution in [0, 0.1) is 0 Å². The summed E-state index contributed by atoms with van der Waals surface area (Å²) in [5.41, 5.74) is 1.41. The van der Waals surface area contributed by atoms with Crippen molar-refractivity contribution in [3.8, 4) is 0 Å². The van der Waals surface area contributed by atoms with Crippen LogP contribution in [0.5, 0.6) is 0 Å². The highest BCUT2D eigenvalue weighted by atomic mass is 16.3. The van der Waals surface area contributed by atoms with E-state index in [-0.39, 0.29) is 12.1 Å². The first-order valence-electron chi connectivity index (χ1n) is 10.00. The van der Waals surface area contributed by atoms with Crippen molar-refractivity contribution in [3.63, 3.8) is 0 Å². The van der Waals surface area contributed by atoms with Gasteiger partial charge < -0.3 is 14.9 Å². The highest BCUT2D eigenvalue weighted by Crippen LogP contribution is 2.21. The van der Waals surface area contributed by atoms with E-state index in [9.17, 15) is 5.11 Å². The Morgan fingerprint density at radius 3 is 2.37 bits per heavy atom. The Kier molecular flexibility index (Phi) is 5.97. The molecule has 27 heavy (non-hydrogen) atoms. The lowest BCUT2D eigenvalue weighted by atomic mass is 9.99. The lowest BCUT2D eigenvalue weighted by Crippen LogP contribution is -2.59. The number of piperazine rings is 1. The average molecular weight is 367 g/mol. The maximum Gasteiger partial charge on any atom is 0.225 e. The van der Waals surface area contributed by atoms with Crippen LogP contribution >= 0.6 is 0 Å². The largest absolute Gasteiger partial charge is 0.390 e. The molecule has 0 aliphatic carbocycles. The maximum absolute atomic E-state index is 10.7. The normalized spacial score (nSPS) is 24.9. The standard InChI is InChI=1S/C21H29N5O/c27-20-17-26(21-22-9-4-10-23-21)12-8-19(20)25-15-13-24(14-16-25)11-7-18-5-2-1-3-6-18/h1-6,9-10,19-20,27H,7-8,11-17H2/t19-,20-/m1/s1. The third-order valence-corrected chi connectivity index (χ3v) is 5.82. The van der Waals surface area contributed by atoms with E-state index in [4.69, 9.17) is 0 Å². The van der Waals surface area contributed by atoms with Crippen LogP contribution < -0.4 is 4.90 Å². The van der Waals surface area contributed by atoms with E-state index in [1.54, 1.807) is 12.4 Å². The number of benzene rings is 1. The first-order chi connectivity index (χ1) is 13.3. The van der Waals surface area contributed by atoms with Gasteiger partial charge in [-0.15, -0.1) is 0 Å². The monoisotopic (exact) mass is 367 g/mol. The molecule has 1 N–H and O–H groups in total. The SMILES string of the molecule is O[C@@H]1CN(c2ncccn2)CC[C@H]1N1CCN(CCc2ccccc2)CC1. The molecule has 3 heterocycles. The minimum atomic E-state index is -0.349. The summed E-state index contributed by atoms with van der Waals surface area (Å²) in [5, 5.41) is 10.7. The Labute approximate surface area is 161 Å². The van der Waals surface area contributed by atoms with Crippen LogP contribution in [-0.4, -0.2) is 82.8 Å². The van der Waals surface area contributed by atoms with Crippen LogP contribution in [0.1, 0.15) is 12.0 Å². The Balaban J connectivity index is 1.24. The van der Waals surface area contributed by atoms with Crippen molar-refractivity contribution in [1.29, 1.82) is 0 Å². The third-order valence-electron chi connectivity index (χ3n) is 5.82. The molecule has 1 aromatic carbocycles. The molecule has 2 saturated heterocycles. The molecule has 0 radical (unpaired) electrons. The molecule has 2 fully saturated rings. The zero-order chi connectivity index (χ0) is 18.5. The molecule has 2 atom stereocenters. The highest BCUT2D eigenvalue weighted by molar-refractivity contribution is 5.30. The second-order valence-electron chi connectivity index (χ2n) is 7.53. The third kappa shape index (κ3) is 4.64. The fourth-order valence-corrected chi connectivity index (χ4v) is 4.23. The molecule has 144 valence electrons. The number of anilines is 1. The van der Waals surface area contributed by atoms with Crippen molar-refractivity contribution >= 4 is 5.95 Å². The van der Waals surface area contributed by atoms with Crippen LogP contribution in [0.25, 0.3) is 0 Å². The lowest BCUT2D eigenvalue weighted by Gasteiger charge is -2.45. The summed E-state index contributed by atoms with van der Waals surface area (Å²) < 4.78 is 0. The summed E-state index contributed by atoms with van der Waals surface area (Å²) in [6.45, 7) is 6.88. The van der Waals surface area contributed by atoms with Gasteiger partial charge in [-0.05, 0) is 24.5 Å². The van der Waals surface area contributed by atoms with Gasteiger partial charge in [-0.1, -0.05) is 30.3 Å². The predicted molar refractivity (Wildman–Crippen MR) is 107 cm³/mol. The number of aromatic nitrogens is 2. The van der Waals surface area contributed by atoms with E-state index >= 15 is 0 Å². The number of hydrogen-bond acceptors (Lipinski definition) is 6. The quantitative estimate of drug-likeness (QED) is 0.859. The van der Waals surface area contributed by atoms with Gasteiger partial charge in [0.25, 0.3) is 0 Å². The molecule has 1 aromatic heterocycles. The van der Waals surface area contributed by atoms with E-state index in [0.29, 0.717) is 6.54 Å². The fourth-order valence-electron chi connectivity index (χ4n) is 4.23. The van der Waals surface area contributed by atoms with Gasteiger partial charge in [0, 0.05) is 64.2 Å². The Morgan fingerprint density at radius 1 is 0.926 bits per heavy atom. The van der Waals surface area contributed by atoms with Crippen molar-refractivity contribution < 1.29 is 5.11 Å². The van der Waals surface area contributed by atoms with E-state index in [2.05, 4.69) is 55.0 Å². The van der Waals surface area contributed by atoms with Gasteiger partial charge in [0.1, 0.15) is 0 Å². The summed E-state index contributed by atoms with van der Waals surface area (Å²) in [6, 6.07) is 12.8. The number of piperidine rings is 1. The molecule has 0 bridgehead atoms. The predicted octanol–water partition coefficient (Wildman–Crippen LogP) is 1.28. The van der Waals surface area contributed by atoms with Crippen LogP contribution in [0.2, 0.25) is 0 Å². The zero-order valence-corrected chi connectivity index (χ0v) is 15.8. The summed E-state index contributed by atoms with van der Waals surface area (Å²) in [4.78, 5) is 15.7. The minimum absolute atomic E-state index is 0.251. The molecule has 4 rings (SSSR count). The fraction of sp³-hybridized carbons (Fsp3) is 0.524. The van der Waals surface area contributed by atoms with Gasteiger partial charge in [-0.3, -0.25) is 4.90 Å². The summed E-state index contributed by atoms with van der Waals surface area (Å²) in [6.07, 6.45) is 5.24. The second-order valence-corrected chi connectivity index (χ2v) is 7.53. The molecule has 2 aromatic rings. The summed E-state index contributed by atoms with van der Waals surface area (Å²) >= 11 is 0. The van der Waals surface area contributed by atoms with Crippen LogP contribution in [0.4, 0.5) is 5.95 Å². The molecule has 0 unspecified atom stereocenters. The molecule has 2 aliphatic heterocycles. The summed E-state index contributed by atoms with van der Waals surface area (Å²) in [7, 11) is 0. The zero-order valence-electron chi connectivity index (χ0n) is 15.8. The number of rotatable bonds is 5. The molecular formula is C21H29N5O. The molecule has 0 saturated carbocycles. The smallest absolute Gasteiger partial charge is 0.225 e. The first kappa shape index (κ1) is 18.3.